The van der Waals surface area contributed by atoms with Gasteiger partial charge in [-0.15, -0.1) is 0 Å². The molecule has 0 radical (unpaired) electrons. The number of likely N-dealkylation sites (N-methyl/N-ethyl adjacent to an activating group) is 1. The molecule has 0 spiro atoms. The van der Waals surface area contributed by atoms with Crippen LogP contribution in [-0.2, 0) is 26.2 Å². The standard InChI is InChI=1S/C27H29Cl2N3O5S/c1-4-25(27(34)30-2)31(17-19-7-5-10-23(15-19)37-3)26(33)18-32(22-9-6-8-21(29)16-22)38(35,36)24-13-11-20(28)12-14-24/h5-16,25H,4,17-18H2,1-3H3,(H,30,34)/t25-/m0/s1. The maximum Gasteiger partial charge on any atom is 0.264 e. The molecule has 8 nitrogen and oxygen atoms in total. The predicted molar refractivity (Wildman–Crippen MR) is 149 cm³/mol. The van der Waals surface area contributed by atoms with Crippen LogP contribution >= 0.6 is 23.2 Å². The minimum Gasteiger partial charge on any atom is -0.497 e. The van der Waals surface area contributed by atoms with Crippen molar-refractivity contribution in [3.63, 3.8) is 0 Å². The van der Waals surface area contributed by atoms with E-state index in [0.29, 0.717) is 22.2 Å². The lowest BCUT2D eigenvalue weighted by molar-refractivity contribution is -0.140. The van der Waals surface area contributed by atoms with Gasteiger partial charge < -0.3 is 15.0 Å². The van der Waals surface area contributed by atoms with Crippen LogP contribution in [-0.4, -0.2) is 51.9 Å². The van der Waals surface area contributed by atoms with E-state index >= 15 is 0 Å². The lowest BCUT2D eigenvalue weighted by Crippen LogP contribution is -2.51. The summed E-state index contributed by atoms with van der Waals surface area (Å²) in [5.74, 6) is -0.340. The minimum absolute atomic E-state index is 0.0487. The van der Waals surface area contributed by atoms with Crippen molar-refractivity contribution in [3.05, 3.63) is 88.4 Å². The molecule has 1 atom stereocenters. The molecule has 0 saturated carbocycles. The maximum atomic E-state index is 13.9. The van der Waals surface area contributed by atoms with Crippen molar-refractivity contribution in [3.8, 4) is 5.75 Å². The van der Waals surface area contributed by atoms with Crippen LogP contribution in [0.3, 0.4) is 0 Å². The number of hydrogen-bond acceptors (Lipinski definition) is 5. The van der Waals surface area contributed by atoms with Gasteiger partial charge in [0.1, 0.15) is 18.3 Å². The van der Waals surface area contributed by atoms with Crippen LogP contribution in [0.4, 0.5) is 5.69 Å². The number of benzene rings is 3. The smallest absolute Gasteiger partial charge is 0.264 e. The first kappa shape index (κ1) is 29.3. The zero-order chi connectivity index (χ0) is 27.9. The molecule has 0 aromatic heterocycles. The van der Waals surface area contributed by atoms with Crippen LogP contribution in [0.5, 0.6) is 5.75 Å². The first-order valence-corrected chi connectivity index (χ1v) is 14.0. The molecule has 3 aromatic carbocycles. The van der Waals surface area contributed by atoms with Crippen LogP contribution in [0.2, 0.25) is 10.0 Å². The van der Waals surface area contributed by atoms with Crippen molar-refractivity contribution in [2.45, 2.75) is 30.8 Å². The molecule has 0 heterocycles. The van der Waals surface area contributed by atoms with Gasteiger partial charge in [0.15, 0.2) is 0 Å². The largest absolute Gasteiger partial charge is 0.497 e. The highest BCUT2D eigenvalue weighted by Crippen LogP contribution is 2.28. The second kappa shape index (κ2) is 13.0. The van der Waals surface area contributed by atoms with E-state index in [1.807, 2.05) is 0 Å². The summed E-state index contributed by atoms with van der Waals surface area (Å²) in [4.78, 5) is 28.0. The SMILES string of the molecule is CC[C@@H](C(=O)NC)N(Cc1cccc(OC)c1)C(=O)CN(c1cccc(Cl)c1)S(=O)(=O)c1ccc(Cl)cc1. The number of nitrogens with one attached hydrogen (secondary N) is 1. The monoisotopic (exact) mass is 577 g/mol. The Labute approximate surface area is 233 Å². The molecule has 0 aliphatic carbocycles. The Kier molecular flexibility index (Phi) is 10.0. The quantitative estimate of drug-likeness (QED) is 0.354. The number of hydrogen-bond donors (Lipinski definition) is 1. The van der Waals surface area contributed by atoms with Crippen molar-refractivity contribution >= 4 is 50.7 Å². The number of anilines is 1. The number of carbonyl (C=O) groups excluding carboxylic acids is 2. The van der Waals surface area contributed by atoms with Crippen molar-refractivity contribution in [2.75, 3.05) is 25.0 Å². The summed E-state index contributed by atoms with van der Waals surface area (Å²) >= 11 is 12.1. The Hall–Kier alpha value is -3.27. The molecule has 11 heteroatoms. The van der Waals surface area contributed by atoms with E-state index in [1.54, 1.807) is 49.4 Å². The highest BCUT2D eigenvalue weighted by atomic mass is 35.5. The van der Waals surface area contributed by atoms with Crippen molar-refractivity contribution in [2.24, 2.45) is 0 Å². The lowest BCUT2D eigenvalue weighted by atomic mass is 10.1. The number of amides is 2. The Bertz CT molecular complexity index is 1380. The highest BCUT2D eigenvalue weighted by Gasteiger charge is 2.33. The summed E-state index contributed by atoms with van der Waals surface area (Å²) in [7, 11) is -1.19. The van der Waals surface area contributed by atoms with E-state index in [0.717, 1.165) is 9.87 Å². The van der Waals surface area contributed by atoms with Gasteiger partial charge in [-0.3, -0.25) is 13.9 Å². The molecule has 0 aliphatic heterocycles. The number of halogens is 2. The van der Waals surface area contributed by atoms with Gasteiger partial charge in [-0.25, -0.2) is 8.42 Å². The summed E-state index contributed by atoms with van der Waals surface area (Å²) in [6.45, 7) is 1.28. The molecular formula is C27H29Cl2N3O5S. The molecule has 3 aromatic rings. The molecule has 0 saturated heterocycles. The van der Waals surface area contributed by atoms with Gasteiger partial charge >= 0.3 is 0 Å². The number of methoxy groups -OCH3 is 1. The van der Waals surface area contributed by atoms with Gasteiger partial charge in [0.05, 0.1) is 17.7 Å². The number of sulfonamides is 1. The highest BCUT2D eigenvalue weighted by molar-refractivity contribution is 7.92. The molecule has 0 aliphatic rings. The van der Waals surface area contributed by atoms with Crippen LogP contribution in [0.25, 0.3) is 0 Å². The second-order valence-electron chi connectivity index (χ2n) is 8.36. The normalized spacial score (nSPS) is 11.9. The zero-order valence-electron chi connectivity index (χ0n) is 21.2. The molecule has 3 rings (SSSR count). The Balaban J connectivity index is 2.06. The van der Waals surface area contributed by atoms with E-state index in [4.69, 9.17) is 27.9 Å². The molecule has 202 valence electrons. The van der Waals surface area contributed by atoms with Gasteiger partial charge in [-0.1, -0.05) is 48.3 Å². The minimum atomic E-state index is -4.21. The summed E-state index contributed by atoms with van der Waals surface area (Å²) in [6.07, 6.45) is 0.316. The van der Waals surface area contributed by atoms with Crippen LogP contribution in [0.15, 0.2) is 77.7 Å². The van der Waals surface area contributed by atoms with Gasteiger partial charge in [-0.05, 0) is 66.6 Å². The molecule has 0 bridgehead atoms. The second-order valence-corrected chi connectivity index (χ2v) is 11.1. The van der Waals surface area contributed by atoms with Crippen molar-refractivity contribution < 1.29 is 22.7 Å². The first-order chi connectivity index (χ1) is 18.1. The summed E-state index contributed by atoms with van der Waals surface area (Å²) in [5, 5.41) is 3.27. The van der Waals surface area contributed by atoms with Crippen LogP contribution < -0.4 is 14.4 Å². The van der Waals surface area contributed by atoms with E-state index in [9.17, 15) is 18.0 Å². The van der Waals surface area contributed by atoms with E-state index in [-0.39, 0.29) is 23.0 Å². The molecule has 0 fully saturated rings. The summed E-state index contributed by atoms with van der Waals surface area (Å²) in [5.41, 5.74) is 0.921. The Morgan fingerprint density at radius 3 is 2.26 bits per heavy atom. The summed E-state index contributed by atoms with van der Waals surface area (Å²) in [6, 6.07) is 18.1. The Morgan fingerprint density at radius 1 is 0.974 bits per heavy atom. The average molecular weight is 579 g/mol. The fraction of sp³-hybridized carbons (Fsp3) is 0.259. The number of nitrogens with zero attached hydrogens (tertiary/aromatic N) is 2. The van der Waals surface area contributed by atoms with Crippen LogP contribution in [0, 0.1) is 0 Å². The third-order valence-corrected chi connectivity index (χ3v) is 8.17. The zero-order valence-corrected chi connectivity index (χ0v) is 23.6. The maximum absolute atomic E-state index is 13.9. The lowest BCUT2D eigenvalue weighted by Gasteiger charge is -2.33. The fourth-order valence-electron chi connectivity index (χ4n) is 3.95. The Morgan fingerprint density at radius 2 is 1.66 bits per heavy atom. The summed E-state index contributed by atoms with van der Waals surface area (Å²) < 4.78 is 33.8. The van der Waals surface area contributed by atoms with E-state index < -0.39 is 28.5 Å². The number of rotatable bonds is 11. The molecule has 0 unspecified atom stereocenters. The number of carbonyl (C=O) groups is 2. The van der Waals surface area contributed by atoms with Gasteiger partial charge in [-0.2, -0.15) is 0 Å². The number of ether oxygens (including phenoxy) is 1. The van der Waals surface area contributed by atoms with Gasteiger partial charge in [0.25, 0.3) is 10.0 Å². The third kappa shape index (κ3) is 6.98. The molecule has 38 heavy (non-hydrogen) atoms. The van der Waals surface area contributed by atoms with Crippen molar-refractivity contribution in [1.29, 1.82) is 0 Å². The fourth-order valence-corrected chi connectivity index (χ4v) is 5.66. The average Bonchev–Trinajstić information content (AvgIpc) is 2.91. The van der Waals surface area contributed by atoms with E-state index in [2.05, 4.69) is 5.32 Å². The van der Waals surface area contributed by atoms with Gasteiger partial charge in [0, 0.05) is 23.6 Å². The first-order valence-electron chi connectivity index (χ1n) is 11.8. The topological polar surface area (TPSA) is 96.0 Å². The van der Waals surface area contributed by atoms with E-state index in [1.165, 1.54) is 49.4 Å². The van der Waals surface area contributed by atoms with Crippen LogP contribution in [0.1, 0.15) is 18.9 Å². The van der Waals surface area contributed by atoms with Crippen molar-refractivity contribution in [1.82, 2.24) is 10.2 Å². The molecular weight excluding hydrogens is 549 g/mol. The predicted octanol–water partition coefficient (Wildman–Crippen LogP) is 4.75. The third-order valence-electron chi connectivity index (χ3n) is 5.90. The van der Waals surface area contributed by atoms with Gasteiger partial charge in [0.2, 0.25) is 11.8 Å². The molecule has 1 N–H and O–H groups in total. The molecule has 2 amide bonds.